The molecule has 0 aromatic rings. The van der Waals surface area contributed by atoms with Crippen LogP contribution >= 0.6 is 0 Å². The molecule has 7 heteroatoms. The highest BCUT2D eigenvalue weighted by molar-refractivity contribution is 7.91. The molecule has 3 fully saturated rings. The van der Waals surface area contributed by atoms with E-state index in [2.05, 4.69) is 20.8 Å². The summed E-state index contributed by atoms with van der Waals surface area (Å²) in [4.78, 5) is 28.5. The summed E-state index contributed by atoms with van der Waals surface area (Å²) in [6, 6.07) is -0.253. The Kier molecular flexibility index (Phi) is 4.02. The third kappa shape index (κ3) is 3.19. The zero-order valence-corrected chi connectivity index (χ0v) is 15.9. The average molecular weight is 356 g/mol. The third-order valence-electron chi connectivity index (χ3n) is 5.94. The van der Waals surface area contributed by atoms with Crippen LogP contribution in [0.4, 0.5) is 0 Å². The van der Waals surface area contributed by atoms with E-state index in [1.807, 2.05) is 0 Å². The molecule has 0 aromatic carbocycles. The minimum absolute atomic E-state index is 0.0311. The van der Waals surface area contributed by atoms with E-state index in [4.69, 9.17) is 0 Å². The maximum Gasteiger partial charge on any atom is 0.312 e. The predicted molar refractivity (Wildman–Crippen MR) is 91.1 cm³/mol. The summed E-state index contributed by atoms with van der Waals surface area (Å²) in [5, 5.41) is 0. The SMILES string of the molecule is CN(C(=O)C(=O)N1CC2(C)CC1CC(C)(C)C2)C1CCS(=O)(=O)C1. The zero-order chi connectivity index (χ0) is 17.9. The van der Waals surface area contributed by atoms with Gasteiger partial charge in [-0.25, -0.2) is 8.42 Å². The molecule has 2 bridgehead atoms. The number of nitrogens with zero attached hydrogens (tertiary/aromatic N) is 2. The number of hydrogen-bond donors (Lipinski definition) is 0. The lowest BCUT2D eigenvalue weighted by atomic mass is 9.65. The Bertz CT molecular complexity index is 672. The fourth-order valence-electron chi connectivity index (χ4n) is 5.22. The molecule has 6 nitrogen and oxygen atoms in total. The normalized spacial score (nSPS) is 36.6. The van der Waals surface area contributed by atoms with Gasteiger partial charge in [-0.3, -0.25) is 9.59 Å². The van der Waals surface area contributed by atoms with Crippen LogP contribution in [0, 0.1) is 10.8 Å². The molecule has 1 aliphatic carbocycles. The first kappa shape index (κ1) is 17.7. The van der Waals surface area contributed by atoms with Crippen LogP contribution in [-0.4, -0.2) is 67.2 Å². The molecule has 3 aliphatic rings. The largest absolute Gasteiger partial charge is 0.333 e. The van der Waals surface area contributed by atoms with Crippen molar-refractivity contribution in [2.75, 3.05) is 25.1 Å². The van der Waals surface area contributed by atoms with E-state index in [-0.39, 0.29) is 34.4 Å². The maximum atomic E-state index is 12.8. The van der Waals surface area contributed by atoms with Gasteiger partial charge >= 0.3 is 11.8 Å². The van der Waals surface area contributed by atoms with Crippen LogP contribution in [0.1, 0.15) is 46.5 Å². The molecule has 3 unspecified atom stereocenters. The van der Waals surface area contributed by atoms with E-state index in [1.165, 1.54) is 4.90 Å². The molecule has 2 heterocycles. The van der Waals surface area contributed by atoms with Gasteiger partial charge in [-0.1, -0.05) is 20.8 Å². The minimum Gasteiger partial charge on any atom is -0.333 e. The molecule has 3 atom stereocenters. The summed E-state index contributed by atoms with van der Waals surface area (Å²) in [5.41, 5.74) is 0.263. The van der Waals surface area contributed by atoms with Crippen molar-refractivity contribution in [1.82, 2.24) is 9.80 Å². The van der Waals surface area contributed by atoms with E-state index in [1.54, 1.807) is 11.9 Å². The van der Waals surface area contributed by atoms with Gasteiger partial charge in [-0.2, -0.15) is 0 Å². The Morgan fingerprint density at radius 1 is 1.17 bits per heavy atom. The van der Waals surface area contributed by atoms with Crippen molar-refractivity contribution < 1.29 is 18.0 Å². The van der Waals surface area contributed by atoms with E-state index >= 15 is 0 Å². The Balaban J connectivity index is 1.72. The van der Waals surface area contributed by atoms with Gasteiger partial charge in [0, 0.05) is 25.7 Å². The van der Waals surface area contributed by atoms with Crippen LogP contribution in [0.3, 0.4) is 0 Å². The van der Waals surface area contributed by atoms with Crippen molar-refractivity contribution in [3.8, 4) is 0 Å². The second-order valence-electron chi connectivity index (χ2n) is 9.12. The molecule has 2 saturated heterocycles. The molecule has 0 spiro atoms. The van der Waals surface area contributed by atoms with Crippen molar-refractivity contribution in [2.24, 2.45) is 10.8 Å². The first-order valence-electron chi connectivity index (χ1n) is 8.70. The number of amides is 2. The first-order chi connectivity index (χ1) is 10.9. The molecule has 0 radical (unpaired) electrons. The Hall–Kier alpha value is -1.11. The lowest BCUT2D eigenvalue weighted by Gasteiger charge is -2.39. The van der Waals surface area contributed by atoms with Crippen LogP contribution < -0.4 is 0 Å². The van der Waals surface area contributed by atoms with Crippen LogP contribution in [0.5, 0.6) is 0 Å². The van der Waals surface area contributed by atoms with E-state index < -0.39 is 21.7 Å². The van der Waals surface area contributed by atoms with Crippen LogP contribution in [0.15, 0.2) is 0 Å². The topological polar surface area (TPSA) is 74.8 Å². The summed E-state index contributed by atoms with van der Waals surface area (Å²) in [6.07, 6.45) is 3.36. The standard InChI is InChI=1S/C17H28N2O4S/c1-16(2)7-13-8-17(3,10-16)11-19(13)15(21)14(20)18(4)12-5-6-24(22,23)9-12/h12-13H,5-11H2,1-4H3. The highest BCUT2D eigenvalue weighted by atomic mass is 32.2. The molecule has 24 heavy (non-hydrogen) atoms. The molecule has 2 aliphatic heterocycles. The zero-order valence-electron chi connectivity index (χ0n) is 15.0. The summed E-state index contributed by atoms with van der Waals surface area (Å²) >= 11 is 0. The van der Waals surface area contributed by atoms with Gasteiger partial charge in [0.25, 0.3) is 0 Å². The second-order valence-corrected chi connectivity index (χ2v) is 11.3. The van der Waals surface area contributed by atoms with E-state index in [9.17, 15) is 18.0 Å². The number of likely N-dealkylation sites (tertiary alicyclic amines) is 1. The maximum absolute atomic E-state index is 12.8. The van der Waals surface area contributed by atoms with Gasteiger partial charge in [0.2, 0.25) is 0 Å². The van der Waals surface area contributed by atoms with Gasteiger partial charge < -0.3 is 9.80 Å². The second kappa shape index (κ2) is 5.44. The Labute approximate surface area is 144 Å². The average Bonchev–Trinajstić information content (AvgIpc) is 2.92. The number of sulfone groups is 1. The number of likely N-dealkylation sites (N-methyl/N-ethyl adjacent to an activating group) is 1. The lowest BCUT2D eigenvalue weighted by Crippen LogP contribution is -2.49. The summed E-state index contributed by atoms with van der Waals surface area (Å²) < 4.78 is 23.2. The van der Waals surface area contributed by atoms with Crippen molar-refractivity contribution in [3.63, 3.8) is 0 Å². The van der Waals surface area contributed by atoms with Crippen molar-refractivity contribution in [3.05, 3.63) is 0 Å². The summed E-state index contributed by atoms with van der Waals surface area (Å²) in [6.45, 7) is 7.28. The molecule has 0 N–H and O–H groups in total. The van der Waals surface area contributed by atoms with Crippen LogP contribution in [0.25, 0.3) is 0 Å². The lowest BCUT2D eigenvalue weighted by molar-refractivity contribution is -0.152. The van der Waals surface area contributed by atoms with Crippen molar-refractivity contribution in [1.29, 1.82) is 0 Å². The van der Waals surface area contributed by atoms with Gasteiger partial charge in [-0.05, 0) is 36.5 Å². The number of carbonyl (C=O) groups is 2. The number of hydrogen-bond acceptors (Lipinski definition) is 4. The molecule has 136 valence electrons. The third-order valence-corrected chi connectivity index (χ3v) is 7.69. The van der Waals surface area contributed by atoms with Gasteiger partial charge in [-0.15, -0.1) is 0 Å². The fraction of sp³-hybridized carbons (Fsp3) is 0.882. The van der Waals surface area contributed by atoms with E-state index in [0.717, 1.165) is 19.3 Å². The minimum atomic E-state index is -3.08. The monoisotopic (exact) mass is 356 g/mol. The molecule has 3 rings (SSSR count). The number of fused-ring (bicyclic) bond motifs is 2. The van der Waals surface area contributed by atoms with Crippen molar-refractivity contribution >= 4 is 21.7 Å². The number of rotatable bonds is 1. The van der Waals surface area contributed by atoms with E-state index in [0.29, 0.717) is 13.0 Å². The first-order valence-corrected chi connectivity index (χ1v) is 10.5. The summed E-state index contributed by atoms with van der Waals surface area (Å²) in [5.74, 6) is -0.960. The van der Waals surface area contributed by atoms with Gasteiger partial charge in [0.15, 0.2) is 9.84 Å². The van der Waals surface area contributed by atoms with Gasteiger partial charge in [0.1, 0.15) is 0 Å². The molecule has 2 amide bonds. The molecular weight excluding hydrogens is 328 g/mol. The predicted octanol–water partition coefficient (Wildman–Crippen LogP) is 1.06. The molecular formula is C17H28N2O4S. The molecule has 1 saturated carbocycles. The van der Waals surface area contributed by atoms with Crippen molar-refractivity contribution in [2.45, 2.75) is 58.5 Å². The summed E-state index contributed by atoms with van der Waals surface area (Å²) in [7, 11) is -1.52. The Morgan fingerprint density at radius 2 is 1.83 bits per heavy atom. The van der Waals surface area contributed by atoms with Gasteiger partial charge in [0.05, 0.1) is 11.5 Å². The van der Waals surface area contributed by atoms with Crippen LogP contribution in [0.2, 0.25) is 0 Å². The molecule has 0 aromatic heterocycles. The smallest absolute Gasteiger partial charge is 0.312 e. The quantitative estimate of drug-likeness (QED) is 0.659. The van der Waals surface area contributed by atoms with Crippen LogP contribution in [-0.2, 0) is 19.4 Å². The fourth-order valence-corrected chi connectivity index (χ4v) is 6.99. The highest BCUT2D eigenvalue weighted by Gasteiger charge is 2.52. The highest BCUT2D eigenvalue weighted by Crippen LogP contribution is 2.52. The Morgan fingerprint density at radius 3 is 2.42 bits per heavy atom. The number of carbonyl (C=O) groups excluding carboxylic acids is 2.